The number of alkyl halides is 1. The molecular formula is C18H10IN3. The van der Waals surface area contributed by atoms with Crippen LogP contribution in [0.15, 0.2) is 42.5 Å². The fourth-order valence-corrected chi connectivity index (χ4v) is 4.11. The minimum atomic E-state index is -0.231. The van der Waals surface area contributed by atoms with Crippen molar-refractivity contribution in [2.24, 2.45) is 0 Å². The van der Waals surface area contributed by atoms with Gasteiger partial charge in [0.05, 0.1) is 0 Å². The molecule has 1 atom stereocenters. The van der Waals surface area contributed by atoms with E-state index >= 15 is 0 Å². The van der Waals surface area contributed by atoms with Crippen LogP contribution in [0.5, 0.6) is 0 Å². The molecular weight excluding hydrogens is 385 g/mol. The van der Waals surface area contributed by atoms with Crippen molar-refractivity contribution in [3.63, 3.8) is 0 Å². The number of benzene rings is 2. The van der Waals surface area contributed by atoms with Crippen LogP contribution in [0, 0.1) is 11.8 Å². The van der Waals surface area contributed by atoms with E-state index < -0.39 is 0 Å². The lowest BCUT2D eigenvalue weighted by Gasteiger charge is -2.18. The molecule has 5 rings (SSSR count). The van der Waals surface area contributed by atoms with E-state index in [2.05, 4.69) is 75.9 Å². The summed E-state index contributed by atoms with van der Waals surface area (Å²) in [7, 11) is 0. The molecule has 0 saturated heterocycles. The van der Waals surface area contributed by atoms with Gasteiger partial charge in [-0.15, -0.1) is 5.10 Å². The summed E-state index contributed by atoms with van der Waals surface area (Å²) in [6.07, 6.45) is 0. The van der Waals surface area contributed by atoms with Crippen LogP contribution in [-0.2, 0) is 3.55 Å². The highest BCUT2D eigenvalue weighted by atomic mass is 127. The Hall–Kier alpha value is -2.13. The maximum atomic E-state index is 4.48. The maximum absolute atomic E-state index is 4.48. The minimum Gasteiger partial charge on any atom is -0.224 e. The molecule has 1 aliphatic carbocycles. The zero-order chi connectivity index (χ0) is 14.9. The molecule has 0 spiro atoms. The van der Waals surface area contributed by atoms with E-state index in [1.54, 1.807) is 0 Å². The molecule has 2 heterocycles. The van der Waals surface area contributed by atoms with Crippen molar-refractivity contribution in [1.29, 1.82) is 0 Å². The average Bonchev–Trinajstić information content (AvgIpc) is 3.03. The molecule has 0 N–H and O–H groups in total. The van der Waals surface area contributed by atoms with Crippen molar-refractivity contribution in [2.45, 2.75) is 10.5 Å². The van der Waals surface area contributed by atoms with E-state index in [0.717, 1.165) is 28.1 Å². The van der Waals surface area contributed by atoms with Gasteiger partial charge in [-0.3, -0.25) is 0 Å². The Balaban J connectivity index is 2.02. The summed E-state index contributed by atoms with van der Waals surface area (Å²) in [6.45, 7) is 2.17. The molecule has 2 aromatic carbocycles. The van der Waals surface area contributed by atoms with Gasteiger partial charge in [0.25, 0.3) is 0 Å². The molecule has 0 saturated carbocycles. The van der Waals surface area contributed by atoms with Crippen LogP contribution in [0.3, 0.4) is 0 Å². The number of hydrogen-bond acceptors (Lipinski definition) is 2. The molecule has 104 valence electrons. The lowest BCUT2D eigenvalue weighted by molar-refractivity contribution is 0.544. The van der Waals surface area contributed by atoms with Gasteiger partial charge in [0.15, 0.2) is 0 Å². The Bertz CT molecular complexity index is 1020. The fraction of sp³-hybridized carbons (Fsp3) is 0.111. The van der Waals surface area contributed by atoms with Crippen LogP contribution in [0.25, 0.3) is 22.5 Å². The monoisotopic (exact) mass is 395 g/mol. The fourth-order valence-electron chi connectivity index (χ4n) is 3.32. The van der Waals surface area contributed by atoms with Crippen molar-refractivity contribution >= 4 is 22.6 Å². The summed E-state index contributed by atoms with van der Waals surface area (Å²) in [5.74, 6) is 6.64. The molecule has 2 aliphatic rings. The molecule has 1 aliphatic heterocycles. The summed E-state index contributed by atoms with van der Waals surface area (Å²) >= 11 is 2.44. The van der Waals surface area contributed by atoms with Crippen molar-refractivity contribution in [1.82, 2.24) is 15.0 Å². The first-order chi connectivity index (χ1) is 10.7. The lowest BCUT2D eigenvalue weighted by atomic mass is 9.92. The third-order valence-electron chi connectivity index (χ3n) is 4.37. The van der Waals surface area contributed by atoms with E-state index in [1.807, 2.05) is 22.9 Å². The summed E-state index contributed by atoms with van der Waals surface area (Å²) in [5, 5.41) is 8.93. The van der Waals surface area contributed by atoms with E-state index in [0.29, 0.717) is 0 Å². The number of rotatable bonds is 0. The van der Waals surface area contributed by atoms with E-state index in [9.17, 15) is 0 Å². The first-order valence-electron chi connectivity index (χ1n) is 7.08. The van der Waals surface area contributed by atoms with Crippen LogP contribution in [0.1, 0.15) is 23.6 Å². The zero-order valence-electron chi connectivity index (χ0n) is 11.8. The molecule has 22 heavy (non-hydrogen) atoms. The Morgan fingerprint density at radius 1 is 1.05 bits per heavy atom. The second-order valence-electron chi connectivity index (χ2n) is 5.68. The molecule has 0 unspecified atom stereocenters. The standard InChI is InChI=1S/C18H10IN3/c1-18(19)14-8-4-6-12-10-9-11-5-2-3-7-13(11)16-17(15(12)14)22(18)21-20-16/h2-8H,1H3/t18-/m1/s1. The first kappa shape index (κ1) is 12.4. The van der Waals surface area contributed by atoms with Gasteiger partial charge >= 0.3 is 0 Å². The summed E-state index contributed by atoms with van der Waals surface area (Å²) in [5.41, 5.74) is 7.57. The average molecular weight is 395 g/mol. The van der Waals surface area contributed by atoms with Gasteiger partial charge in [0.2, 0.25) is 0 Å². The smallest absolute Gasteiger partial charge is 0.139 e. The van der Waals surface area contributed by atoms with Crippen molar-refractivity contribution in [3.8, 4) is 34.4 Å². The summed E-state index contributed by atoms with van der Waals surface area (Å²) in [4.78, 5) is 0. The zero-order valence-corrected chi connectivity index (χ0v) is 13.9. The highest BCUT2D eigenvalue weighted by Gasteiger charge is 2.42. The van der Waals surface area contributed by atoms with Crippen molar-refractivity contribution in [2.75, 3.05) is 0 Å². The molecule has 0 bridgehead atoms. The molecule has 0 fully saturated rings. The van der Waals surface area contributed by atoms with Gasteiger partial charge in [0, 0.05) is 22.3 Å². The van der Waals surface area contributed by atoms with Crippen LogP contribution in [-0.4, -0.2) is 15.0 Å². The first-order valence-corrected chi connectivity index (χ1v) is 8.16. The molecule has 0 amide bonds. The normalized spacial score (nSPS) is 19.5. The second kappa shape index (κ2) is 3.99. The summed E-state index contributed by atoms with van der Waals surface area (Å²) < 4.78 is 1.80. The number of fused-ring (bicyclic) bond motifs is 2. The Labute approximate surface area is 141 Å². The number of nitrogens with zero attached hydrogens (tertiary/aromatic N) is 3. The third-order valence-corrected chi connectivity index (χ3v) is 5.41. The quantitative estimate of drug-likeness (QED) is 0.258. The molecule has 0 radical (unpaired) electrons. The van der Waals surface area contributed by atoms with Crippen LogP contribution >= 0.6 is 22.6 Å². The van der Waals surface area contributed by atoms with Gasteiger partial charge in [0.1, 0.15) is 14.9 Å². The molecule has 3 aromatic rings. The lowest BCUT2D eigenvalue weighted by Crippen LogP contribution is -2.21. The maximum Gasteiger partial charge on any atom is 0.139 e. The highest BCUT2D eigenvalue weighted by Crippen LogP contribution is 2.51. The third kappa shape index (κ3) is 1.37. The van der Waals surface area contributed by atoms with E-state index in [1.165, 1.54) is 11.1 Å². The van der Waals surface area contributed by atoms with E-state index in [4.69, 9.17) is 0 Å². The van der Waals surface area contributed by atoms with Crippen molar-refractivity contribution < 1.29 is 0 Å². The largest absolute Gasteiger partial charge is 0.224 e. The van der Waals surface area contributed by atoms with Crippen molar-refractivity contribution in [3.05, 3.63) is 59.2 Å². The molecule has 4 heteroatoms. The second-order valence-corrected chi connectivity index (χ2v) is 7.78. The number of aromatic nitrogens is 3. The highest BCUT2D eigenvalue weighted by molar-refractivity contribution is 14.1. The Morgan fingerprint density at radius 2 is 1.82 bits per heavy atom. The Kier molecular flexibility index (Phi) is 2.25. The molecule has 1 aromatic heterocycles. The van der Waals surface area contributed by atoms with E-state index in [-0.39, 0.29) is 3.55 Å². The van der Waals surface area contributed by atoms with Gasteiger partial charge < -0.3 is 0 Å². The number of hydrogen-bond donors (Lipinski definition) is 0. The van der Waals surface area contributed by atoms with Gasteiger partial charge in [-0.2, -0.15) is 0 Å². The SMILES string of the molecule is C[C@]1(I)c2cccc3c2-c2c(nnn21)-c1ccccc1C#C3. The predicted molar refractivity (Wildman–Crippen MR) is 93.6 cm³/mol. The summed E-state index contributed by atoms with van der Waals surface area (Å²) in [6, 6.07) is 14.5. The Morgan fingerprint density at radius 3 is 2.73 bits per heavy atom. The predicted octanol–water partition coefficient (Wildman–Crippen LogP) is 3.79. The van der Waals surface area contributed by atoms with Crippen LogP contribution in [0.2, 0.25) is 0 Å². The van der Waals surface area contributed by atoms with Crippen LogP contribution in [0.4, 0.5) is 0 Å². The van der Waals surface area contributed by atoms with Crippen LogP contribution < -0.4 is 0 Å². The molecule has 3 nitrogen and oxygen atoms in total. The minimum absolute atomic E-state index is 0.231. The topological polar surface area (TPSA) is 30.7 Å². The van der Waals surface area contributed by atoms with Gasteiger partial charge in [-0.25, -0.2) is 4.68 Å². The van der Waals surface area contributed by atoms with Gasteiger partial charge in [-0.1, -0.05) is 47.4 Å². The number of halogens is 1. The van der Waals surface area contributed by atoms with Gasteiger partial charge in [-0.05, 0) is 47.2 Å².